The molecule has 0 spiro atoms. The molecule has 0 saturated heterocycles. The number of carbonyl (C=O) groups excluding carboxylic acids is 2. The summed E-state index contributed by atoms with van der Waals surface area (Å²) in [6.45, 7) is 1.88. The smallest absolute Gasteiger partial charge is 0.338 e. The fourth-order valence-corrected chi connectivity index (χ4v) is 2.15. The molecule has 0 bridgehead atoms. The average Bonchev–Trinajstić information content (AvgIpc) is 2.62. The van der Waals surface area contributed by atoms with Gasteiger partial charge in [-0.25, -0.2) is 9.59 Å². The van der Waals surface area contributed by atoms with Crippen molar-refractivity contribution in [1.29, 1.82) is 0 Å². The molecule has 0 aliphatic heterocycles. The van der Waals surface area contributed by atoms with E-state index >= 15 is 0 Å². The molecule has 25 heavy (non-hydrogen) atoms. The van der Waals surface area contributed by atoms with Crippen molar-refractivity contribution in [2.24, 2.45) is 0 Å². The molecule has 0 amide bonds. The number of ether oxygens (including phenoxy) is 2. The van der Waals surface area contributed by atoms with Crippen LogP contribution in [-0.2, 0) is 9.47 Å². The minimum absolute atomic E-state index is 0.303. The van der Waals surface area contributed by atoms with Crippen LogP contribution >= 0.6 is 0 Å². The molecule has 131 valence electrons. The van der Waals surface area contributed by atoms with E-state index in [1.807, 2.05) is 20.2 Å². The number of nitrogens with zero attached hydrogens (tertiary/aromatic N) is 1. The lowest BCUT2D eigenvalue weighted by Crippen LogP contribution is -2.45. The largest absolute Gasteiger partial charge is 0.456 e. The van der Waals surface area contributed by atoms with Gasteiger partial charge in [0.05, 0.1) is 25.2 Å². The van der Waals surface area contributed by atoms with Crippen molar-refractivity contribution in [3.05, 3.63) is 71.8 Å². The fraction of sp³-hybridized carbons (Fsp3) is 0.300. The van der Waals surface area contributed by atoms with Crippen molar-refractivity contribution in [2.75, 3.05) is 40.4 Å². The first-order valence-corrected chi connectivity index (χ1v) is 8.15. The topological polar surface area (TPSA) is 52.6 Å². The highest BCUT2D eigenvalue weighted by molar-refractivity contribution is 5.89. The summed E-state index contributed by atoms with van der Waals surface area (Å²) < 4.78 is 11.2. The summed E-state index contributed by atoms with van der Waals surface area (Å²) in [5.41, 5.74) is 1.06. The normalized spacial score (nSPS) is 11.0. The van der Waals surface area contributed by atoms with Crippen LogP contribution in [0, 0.1) is 6.07 Å². The quantitative estimate of drug-likeness (QED) is 0.547. The van der Waals surface area contributed by atoms with Gasteiger partial charge >= 0.3 is 11.9 Å². The van der Waals surface area contributed by atoms with E-state index in [9.17, 15) is 9.59 Å². The van der Waals surface area contributed by atoms with Gasteiger partial charge in [0.1, 0.15) is 26.3 Å². The van der Waals surface area contributed by atoms with Crippen LogP contribution in [0.3, 0.4) is 0 Å². The first-order chi connectivity index (χ1) is 12.0. The Hall–Kier alpha value is -2.66. The van der Waals surface area contributed by atoms with Gasteiger partial charge in [-0.3, -0.25) is 0 Å². The number of hydrogen-bond acceptors (Lipinski definition) is 4. The summed E-state index contributed by atoms with van der Waals surface area (Å²) in [5.74, 6) is -0.669. The molecule has 2 aromatic rings. The lowest BCUT2D eigenvalue weighted by atomic mass is 10.2. The number of esters is 2. The molecule has 0 unspecified atom stereocenters. The van der Waals surface area contributed by atoms with Gasteiger partial charge in [-0.05, 0) is 30.3 Å². The van der Waals surface area contributed by atoms with E-state index in [1.54, 1.807) is 48.5 Å². The van der Waals surface area contributed by atoms with Gasteiger partial charge in [0.25, 0.3) is 0 Å². The van der Waals surface area contributed by atoms with Gasteiger partial charge in [0, 0.05) is 0 Å². The SMILES string of the molecule is C[N+](C)(CCOC(=O)c1cc[c]cc1)CCOC(=O)c1ccccc1. The van der Waals surface area contributed by atoms with Crippen LogP contribution in [0.4, 0.5) is 0 Å². The Balaban J connectivity index is 1.69. The molecule has 2 rings (SSSR count). The van der Waals surface area contributed by atoms with Crippen LogP contribution in [0.25, 0.3) is 0 Å². The van der Waals surface area contributed by atoms with Gasteiger partial charge < -0.3 is 14.0 Å². The number of likely N-dealkylation sites (N-methyl/N-ethyl adjacent to an activating group) is 1. The maximum atomic E-state index is 11.9. The van der Waals surface area contributed by atoms with E-state index in [0.29, 0.717) is 41.9 Å². The van der Waals surface area contributed by atoms with Crippen LogP contribution in [0.2, 0.25) is 0 Å². The molecule has 5 heteroatoms. The molecule has 0 aliphatic carbocycles. The zero-order valence-corrected chi connectivity index (χ0v) is 14.6. The van der Waals surface area contributed by atoms with Crippen LogP contribution in [0.1, 0.15) is 20.7 Å². The Bertz CT molecular complexity index is 624. The molecular weight excluding hydrogens is 318 g/mol. The third kappa shape index (κ3) is 6.39. The average molecular weight is 341 g/mol. The number of quaternary nitrogens is 1. The van der Waals surface area contributed by atoms with E-state index in [4.69, 9.17) is 9.47 Å². The van der Waals surface area contributed by atoms with E-state index in [-0.39, 0.29) is 11.9 Å². The zero-order chi connectivity index (χ0) is 18.1. The monoisotopic (exact) mass is 341 g/mol. The maximum Gasteiger partial charge on any atom is 0.338 e. The minimum atomic E-state index is -0.343. The van der Waals surface area contributed by atoms with Crippen molar-refractivity contribution in [3.63, 3.8) is 0 Å². The summed E-state index contributed by atoms with van der Waals surface area (Å²) in [4.78, 5) is 23.8. The maximum absolute atomic E-state index is 11.9. The summed E-state index contributed by atoms with van der Waals surface area (Å²) in [6.07, 6.45) is 0. The molecule has 5 nitrogen and oxygen atoms in total. The summed E-state index contributed by atoms with van der Waals surface area (Å²) in [5, 5.41) is 0. The third-order valence-corrected chi connectivity index (χ3v) is 3.82. The molecule has 0 saturated carbocycles. The zero-order valence-electron chi connectivity index (χ0n) is 14.6. The van der Waals surface area contributed by atoms with Gasteiger partial charge in [0.15, 0.2) is 0 Å². The molecule has 0 aliphatic rings. The number of hydrogen-bond donors (Lipinski definition) is 0. The predicted octanol–water partition coefficient (Wildman–Crippen LogP) is 2.58. The highest BCUT2D eigenvalue weighted by Crippen LogP contribution is 2.04. The highest BCUT2D eigenvalue weighted by Gasteiger charge is 2.17. The lowest BCUT2D eigenvalue weighted by Gasteiger charge is -2.29. The summed E-state index contributed by atoms with van der Waals surface area (Å²) in [6, 6.07) is 18.5. The van der Waals surface area contributed by atoms with Crippen LogP contribution < -0.4 is 0 Å². The highest BCUT2D eigenvalue weighted by atomic mass is 16.5. The first-order valence-electron chi connectivity index (χ1n) is 8.15. The Morgan fingerprint density at radius 2 is 1.32 bits per heavy atom. The number of carbonyl (C=O) groups is 2. The van der Waals surface area contributed by atoms with E-state index < -0.39 is 0 Å². The molecule has 0 heterocycles. The van der Waals surface area contributed by atoms with Crippen LogP contribution in [0.5, 0.6) is 0 Å². The van der Waals surface area contributed by atoms with Crippen LogP contribution in [0.15, 0.2) is 54.6 Å². The fourth-order valence-electron chi connectivity index (χ4n) is 2.15. The van der Waals surface area contributed by atoms with E-state index in [2.05, 4.69) is 6.07 Å². The molecule has 2 aromatic carbocycles. The molecule has 0 N–H and O–H groups in total. The molecule has 0 atom stereocenters. The Labute approximate surface area is 148 Å². The van der Waals surface area contributed by atoms with Crippen molar-refractivity contribution in [1.82, 2.24) is 0 Å². The Morgan fingerprint density at radius 3 is 1.84 bits per heavy atom. The predicted molar refractivity (Wildman–Crippen MR) is 94.1 cm³/mol. The molecule has 0 aromatic heterocycles. The van der Waals surface area contributed by atoms with Gasteiger partial charge in [-0.15, -0.1) is 0 Å². The molecule has 0 fully saturated rings. The summed E-state index contributed by atoms with van der Waals surface area (Å²) in [7, 11) is 4.00. The second kappa shape index (κ2) is 8.99. The van der Waals surface area contributed by atoms with E-state index in [0.717, 1.165) is 0 Å². The van der Waals surface area contributed by atoms with Crippen LogP contribution in [-0.4, -0.2) is 56.8 Å². The minimum Gasteiger partial charge on any atom is -0.456 e. The number of rotatable bonds is 8. The van der Waals surface area contributed by atoms with E-state index in [1.165, 1.54) is 0 Å². The Morgan fingerprint density at radius 1 is 0.840 bits per heavy atom. The number of benzene rings is 2. The first kappa shape index (κ1) is 18.7. The van der Waals surface area contributed by atoms with Crippen molar-refractivity contribution >= 4 is 11.9 Å². The van der Waals surface area contributed by atoms with Gasteiger partial charge in [-0.2, -0.15) is 0 Å². The lowest BCUT2D eigenvalue weighted by molar-refractivity contribution is -0.890. The summed E-state index contributed by atoms with van der Waals surface area (Å²) >= 11 is 0. The van der Waals surface area contributed by atoms with Gasteiger partial charge in [-0.1, -0.05) is 30.3 Å². The molecule has 1 radical (unpaired) electrons. The van der Waals surface area contributed by atoms with Crippen molar-refractivity contribution in [3.8, 4) is 0 Å². The van der Waals surface area contributed by atoms with Gasteiger partial charge in [0.2, 0.25) is 0 Å². The standard InChI is InChI=1S/C20H23NO4/c1-21(2,13-15-24-19(22)17-9-5-3-6-10-17)14-16-25-20(23)18-11-7-4-8-12-18/h3,5-12H,13-16H2,1-2H3/q+1. The molecular formula is C20H23NO4+. The Kier molecular flexibility index (Phi) is 6.71. The third-order valence-electron chi connectivity index (χ3n) is 3.82. The second-order valence-electron chi connectivity index (χ2n) is 6.31. The second-order valence-corrected chi connectivity index (χ2v) is 6.31. The van der Waals surface area contributed by atoms with Crippen molar-refractivity contribution in [2.45, 2.75) is 0 Å². The van der Waals surface area contributed by atoms with Crippen molar-refractivity contribution < 1.29 is 23.5 Å².